The van der Waals surface area contributed by atoms with Crippen molar-refractivity contribution in [3.05, 3.63) is 42.5 Å². The molecule has 0 atom stereocenters. The van der Waals surface area contributed by atoms with Gasteiger partial charge in [0.1, 0.15) is 16.8 Å². The second-order valence-electron chi connectivity index (χ2n) is 5.07. The van der Waals surface area contributed by atoms with E-state index in [2.05, 4.69) is 15.5 Å². The van der Waals surface area contributed by atoms with E-state index < -0.39 is 9.70 Å². The maximum Gasteiger partial charge on any atom is 0.276 e. The van der Waals surface area contributed by atoms with Crippen LogP contribution in [0.25, 0.3) is 16.7 Å². The monoisotopic (exact) mass is 398 g/mol. The number of benzene rings is 2. The molecule has 1 N–H and O–H groups in total. The number of hydrogen-bond acceptors (Lipinski definition) is 4. The van der Waals surface area contributed by atoms with Gasteiger partial charge in [-0.1, -0.05) is 34.8 Å². The minimum atomic E-state index is -2.03. The largest absolute Gasteiger partial charge is 0.494 e. The van der Waals surface area contributed by atoms with E-state index in [1.807, 2.05) is 31.2 Å². The Morgan fingerprint density at radius 1 is 1.12 bits per heavy atom. The molecule has 0 unspecified atom stereocenters. The van der Waals surface area contributed by atoms with Crippen LogP contribution in [0.2, 0.25) is 0 Å². The van der Waals surface area contributed by atoms with Crippen molar-refractivity contribution >= 4 is 57.4 Å². The number of anilines is 1. The number of fused-ring (bicyclic) bond motifs is 1. The maximum absolute atomic E-state index is 11.7. The van der Waals surface area contributed by atoms with E-state index in [-0.39, 0.29) is 0 Å². The van der Waals surface area contributed by atoms with Crippen LogP contribution < -0.4 is 10.1 Å². The summed E-state index contributed by atoms with van der Waals surface area (Å²) >= 11 is 16.6. The fourth-order valence-corrected chi connectivity index (χ4v) is 2.29. The summed E-state index contributed by atoms with van der Waals surface area (Å²) in [6, 6.07) is 12.4. The van der Waals surface area contributed by atoms with Crippen molar-refractivity contribution in [3.8, 4) is 11.4 Å². The second kappa shape index (κ2) is 7.07. The predicted octanol–water partition coefficient (Wildman–Crippen LogP) is 4.13. The first-order valence-electron chi connectivity index (χ1n) is 7.35. The number of aromatic nitrogens is 3. The van der Waals surface area contributed by atoms with Gasteiger partial charge in [-0.15, -0.1) is 10.2 Å². The Hall–Kier alpha value is -2.02. The van der Waals surface area contributed by atoms with Gasteiger partial charge in [0.05, 0.1) is 12.3 Å². The Morgan fingerprint density at radius 3 is 2.44 bits per heavy atom. The molecule has 6 nitrogen and oxygen atoms in total. The van der Waals surface area contributed by atoms with Gasteiger partial charge >= 0.3 is 0 Å². The van der Waals surface area contributed by atoms with Gasteiger partial charge in [-0.3, -0.25) is 4.79 Å². The summed E-state index contributed by atoms with van der Waals surface area (Å²) in [7, 11) is 0. The number of nitrogens with one attached hydrogen (secondary N) is 1. The molecule has 0 aliphatic heterocycles. The summed E-state index contributed by atoms with van der Waals surface area (Å²) in [5.74, 6) is 0.0374. The van der Waals surface area contributed by atoms with Crippen molar-refractivity contribution in [2.24, 2.45) is 0 Å². The maximum atomic E-state index is 11.7. The quantitative estimate of drug-likeness (QED) is 0.670. The first-order valence-corrected chi connectivity index (χ1v) is 8.49. The van der Waals surface area contributed by atoms with E-state index in [1.165, 1.54) is 4.80 Å². The van der Waals surface area contributed by atoms with Crippen LogP contribution in [-0.4, -0.2) is 31.3 Å². The number of halogens is 3. The lowest BCUT2D eigenvalue weighted by Crippen LogP contribution is -2.26. The number of rotatable bonds is 4. The number of nitrogens with zero attached hydrogens (tertiary/aromatic N) is 3. The molecule has 1 amide bonds. The van der Waals surface area contributed by atoms with E-state index in [9.17, 15) is 4.79 Å². The molecular formula is C16H13Cl3N4O2. The summed E-state index contributed by atoms with van der Waals surface area (Å²) in [6.07, 6.45) is 0. The highest BCUT2D eigenvalue weighted by atomic mass is 35.6. The number of ether oxygens (including phenoxy) is 1. The van der Waals surface area contributed by atoms with E-state index in [0.29, 0.717) is 23.3 Å². The summed E-state index contributed by atoms with van der Waals surface area (Å²) in [5, 5.41) is 11.3. The predicted molar refractivity (Wildman–Crippen MR) is 99.0 cm³/mol. The van der Waals surface area contributed by atoms with Crippen molar-refractivity contribution in [1.29, 1.82) is 0 Å². The van der Waals surface area contributed by atoms with E-state index >= 15 is 0 Å². The van der Waals surface area contributed by atoms with Gasteiger partial charge in [0, 0.05) is 5.69 Å². The first-order chi connectivity index (χ1) is 11.9. The van der Waals surface area contributed by atoms with Gasteiger partial charge in [-0.05, 0) is 49.4 Å². The Kier molecular flexibility index (Phi) is 5.03. The molecule has 0 saturated carbocycles. The van der Waals surface area contributed by atoms with Gasteiger partial charge in [0.25, 0.3) is 9.70 Å². The Balaban J connectivity index is 1.86. The lowest BCUT2D eigenvalue weighted by Gasteiger charge is -2.10. The van der Waals surface area contributed by atoms with Crippen molar-refractivity contribution in [2.45, 2.75) is 10.7 Å². The minimum Gasteiger partial charge on any atom is -0.494 e. The fraction of sp³-hybridized carbons (Fsp3) is 0.188. The van der Waals surface area contributed by atoms with Crippen LogP contribution in [0.4, 0.5) is 5.69 Å². The smallest absolute Gasteiger partial charge is 0.276 e. The molecule has 0 spiro atoms. The number of carbonyl (C=O) groups is 1. The zero-order valence-corrected chi connectivity index (χ0v) is 15.3. The van der Waals surface area contributed by atoms with Crippen LogP contribution >= 0.6 is 34.8 Å². The third-order valence-corrected chi connectivity index (χ3v) is 3.79. The molecular weight excluding hydrogens is 387 g/mol. The third kappa shape index (κ3) is 4.15. The van der Waals surface area contributed by atoms with Crippen molar-refractivity contribution in [3.63, 3.8) is 0 Å². The Labute approximate surface area is 158 Å². The molecule has 0 aliphatic carbocycles. The van der Waals surface area contributed by atoms with Crippen LogP contribution in [0.5, 0.6) is 5.75 Å². The molecule has 0 fully saturated rings. The zero-order valence-electron chi connectivity index (χ0n) is 13.0. The molecule has 3 rings (SSSR count). The molecule has 1 heterocycles. The molecule has 9 heteroatoms. The summed E-state index contributed by atoms with van der Waals surface area (Å²) in [5.41, 5.74) is 2.51. The number of alkyl halides is 3. The van der Waals surface area contributed by atoms with Crippen LogP contribution in [0.3, 0.4) is 0 Å². The van der Waals surface area contributed by atoms with Crippen LogP contribution in [0, 0.1) is 0 Å². The fourth-order valence-electron chi connectivity index (χ4n) is 2.15. The van der Waals surface area contributed by atoms with Crippen LogP contribution in [0.15, 0.2) is 42.5 Å². The van der Waals surface area contributed by atoms with Gasteiger partial charge < -0.3 is 10.1 Å². The highest BCUT2D eigenvalue weighted by Gasteiger charge is 2.30. The molecule has 130 valence electrons. The van der Waals surface area contributed by atoms with Crippen LogP contribution in [-0.2, 0) is 4.79 Å². The highest BCUT2D eigenvalue weighted by molar-refractivity contribution is 6.76. The molecule has 0 bridgehead atoms. The first kappa shape index (κ1) is 17.8. The topological polar surface area (TPSA) is 69.0 Å². The van der Waals surface area contributed by atoms with E-state index in [0.717, 1.165) is 11.4 Å². The minimum absolute atomic E-state index is 0.461. The SMILES string of the molecule is CCOc1ccc(-n2nc3ccc(NC(=O)C(Cl)(Cl)Cl)cc3n2)cc1. The lowest BCUT2D eigenvalue weighted by atomic mass is 10.3. The Morgan fingerprint density at radius 2 is 1.80 bits per heavy atom. The van der Waals surface area contributed by atoms with Crippen molar-refractivity contribution in [2.75, 3.05) is 11.9 Å². The number of carbonyl (C=O) groups excluding carboxylic acids is 1. The Bertz CT molecular complexity index is 904. The van der Waals surface area contributed by atoms with Crippen molar-refractivity contribution in [1.82, 2.24) is 15.0 Å². The molecule has 3 aromatic rings. The zero-order chi connectivity index (χ0) is 18.0. The number of hydrogen-bond donors (Lipinski definition) is 1. The average molecular weight is 400 g/mol. The van der Waals surface area contributed by atoms with Crippen molar-refractivity contribution < 1.29 is 9.53 Å². The summed E-state index contributed by atoms with van der Waals surface area (Å²) in [6.45, 7) is 2.53. The molecule has 0 aliphatic rings. The molecule has 1 aromatic heterocycles. The van der Waals surface area contributed by atoms with E-state index in [1.54, 1.807) is 18.2 Å². The second-order valence-corrected chi connectivity index (χ2v) is 7.35. The summed E-state index contributed by atoms with van der Waals surface area (Å²) < 4.78 is 3.38. The highest BCUT2D eigenvalue weighted by Crippen LogP contribution is 2.28. The van der Waals surface area contributed by atoms with Gasteiger partial charge in [0.2, 0.25) is 0 Å². The number of amides is 1. The molecule has 0 radical (unpaired) electrons. The van der Waals surface area contributed by atoms with Gasteiger partial charge in [-0.2, -0.15) is 4.80 Å². The van der Waals surface area contributed by atoms with Crippen LogP contribution in [0.1, 0.15) is 6.92 Å². The lowest BCUT2D eigenvalue weighted by molar-refractivity contribution is -0.115. The normalized spacial score (nSPS) is 11.5. The standard InChI is InChI=1S/C16H13Cl3N4O2/c1-2-25-12-6-4-11(5-7-12)23-21-13-8-3-10(9-14(13)22-23)20-15(24)16(17,18)19/h3-9H,2H2,1H3,(H,20,24). The van der Waals surface area contributed by atoms with Gasteiger partial charge in [0.15, 0.2) is 0 Å². The average Bonchev–Trinajstić information content (AvgIpc) is 2.98. The third-order valence-electron chi connectivity index (χ3n) is 3.27. The van der Waals surface area contributed by atoms with Gasteiger partial charge in [-0.25, -0.2) is 0 Å². The summed E-state index contributed by atoms with van der Waals surface area (Å²) in [4.78, 5) is 13.2. The molecule has 0 saturated heterocycles. The molecule has 25 heavy (non-hydrogen) atoms. The van der Waals surface area contributed by atoms with E-state index in [4.69, 9.17) is 39.5 Å². The molecule has 2 aromatic carbocycles.